The lowest BCUT2D eigenvalue weighted by Crippen LogP contribution is -2.43. The van der Waals surface area contributed by atoms with E-state index < -0.39 is 0 Å². The van der Waals surface area contributed by atoms with Crippen LogP contribution in [0.1, 0.15) is 17.2 Å². The average Bonchev–Trinajstić information content (AvgIpc) is 3.78. The number of nitrogens with zero attached hydrogens (tertiary/aromatic N) is 4. The first-order chi connectivity index (χ1) is 23.2. The summed E-state index contributed by atoms with van der Waals surface area (Å²) in [5, 5.41) is 7.49. The van der Waals surface area contributed by atoms with Gasteiger partial charge in [0.1, 0.15) is 34.0 Å². The molecule has 1 atom stereocenters. The molecule has 5 nitrogen and oxygen atoms in total. The van der Waals surface area contributed by atoms with Gasteiger partial charge in [-0.15, -0.1) is 4.68 Å². The summed E-state index contributed by atoms with van der Waals surface area (Å²) in [4.78, 5) is 0. The molecule has 11 rings (SSSR count). The van der Waals surface area contributed by atoms with Crippen molar-refractivity contribution in [1.29, 1.82) is 0 Å². The molecule has 3 aromatic heterocycles. The van der Waals surface area contributed by atoms with Crippen LogP contribution in [-0.4, -0.2) is 9.25 Å². The summed E-state index contributed by atoms with van der Waals surface area (Å²) in [7, 11) is 2.13. The van der Waals surface area contributed by atoms with Crippen LogP contribution in [0.5, 0.6) is 11.5 Å². The molecule has 0 N–H and O–H groups in total. The monoisotopic (exact) mass is 604 g/mol. The lowest BCUT2D eigenvalue weighted by Gasteiger charge is -2.22. The molecule has 0 bridgehead atoms. The molecular weight excluding hydrogens is 576 g/mol. The van der Waals surface area contributed by atoms with Crippen LogP contribution in [0.2, 0.25) is 0 Å². The first-order valence-corrected chi connectivity index (χ1v) is 16.1. The minimum atomic E-state index is -0.0593. The Hall–Kier alpha value is -6.20. The van der Waals surface area contributed by atoms with E-state index in [1.165, 1.54) is 54.5 Å². The van der Waals surface area contributed by atoms with E-state index in [1.807, 2.05) is 0 Å². The van der Waals surface area contributed by atoms with Crippen LogP contribution in [-0.2, 0) is 7.05 Å². The molecule has 9 aromatic rings. The van der Waals surface area contributed by atoms with E-state index in [-0.39, 0.29) is 6.04 Å². The van der Waals surface area contributed by atoms with Crippen molar-refractivity contribution in [2.45, 2.75) is 6.04 Å². The van der Waals surface area contributed by atoms with Crippen LogP contribution in [0, 0.1) is 0 Å². The zero-order chi connectivity index (χ0) is 30.8. The van der Waals surface area contributed by atoms with Crippen molar-refractivity contribution in [1.82, 2.24) is 9.25 Å². The number of aromatic nitrogens is 4. The van der Waals surface area contributed by atoms with E-state index in [0.717, 1.165) is 34.1 Å². The SMILES string of the molecule is C[n+]1cccc2c3ccccc3n(-c3cccc4c3C3c5c(cccc5-n5cc(-c6cccc7cc8ccccc8cc67)c[n+]53)O4)c21. The summed E-state index contributed by atoms with van der Waals surface area (Å²) in [6.07, 6.45) is 6.75. The van der Waals surface area contributed by atoms with Gasteiger partial charge in [-0.05, 0) is 87.8 Å². The van der Waals surface area contributed by atoms with E-state index >= 15 is 0 Å². The number of hydrogen-bond donors (Lipinski definition) is 0. The number of hydrogen-bond acceptors (Lipinski definition) is 1. The number of para-hydroxylation sites is 1. The minimum absolute atomic E-state index is 0.0593. The molecule has 2 aliphatic heterocycles. The van der Waals surface area contributed by atoms with Crippen molar-refractivity contribution in [3.8, 4) is 34.0 Å². The predicted octanol–water partition coefficient (Wildman–Crippen LogP) is 8.72. The van der Waals surface area contributed by atoms with Gasteiger partial charge in [0.15, 0.2) is 0 Å². The topological polar surface area (TPSA) is 26.8 Å². The molecule has 0 amide bonds. The molecule has 0 fully saturated rings. The number of aryl methyl sites for hydroxylation is 1. The van der Waals surface area contributed by atoms with Crippen LogP contribution >= 0.6 is 0 Å². The fourth-order valence-corrected chi connectivity index (χ4v) is 8.25. The van der Waals surface area contributed by atoms with E-state index in [1.54, 1.807) is 0 Å². The summed E-state index contributed by atoms with van der Waals surface area (Å²) in [6, 6.07) is 45.8. The van der Waals surface area contributed by atoms with Crippen LogP contribution in [0.3, 0.4) is 0 Å². The standard InChI is InChI=1S/C42H28N4O/c1-43-21-9-15-32-31-13-4-5-16-34(31)46(42(32)43)36-18-8-20-38-40(36)41-39-35(17-7-19-37(39)47-38)44-24-29(25-45(41)44)30-14-6-12-28-22-26-10-2-3-11-27(26)23-33(28)30/h2-25,41H,1H3/q+2. The molecule has 5 heteroatoms. The molecule has 5 heterocycles. The van der Waals surface area contributed by atoms with E-state index in [9.17, 15) is 0 Å². The van der Waals surface area contributed by atoms with Gasteiger partial charge < -0.3 is 4.74 Å². The lowest BCUT2D eigenvalue weighted by molar-refractivity contribution is -0.765. The summed E-state index contributed by atoms with van der Waals surface area (Å²) >= 11 is 0. The number of fused-ring (bicyclic) bond motifs is 10. The van der Waals surface area contributed by atoms with Crippen LogP contribution in [0.25, 0.3) is 66.0 Å². The Balaban J connectivity index is 1.19. The Morgan fingerprint density at radius 2 is 1.32 bits per heavy atom. The van der Waals surface area contributed by atoms with Crippen molar-refractivity contribution in [2.75, 3.05) is 0 Å². The molecular formula is C42H28N4O+2. The summed E-state index contributed by atoms with van der Waals surface area (Å²) in [5.41, 5.74) is 9.40. The number of rotatable bonds is 2. The zero-order valence-corrected chi connectivity index (χ0v) is 25.6. The summed E-state index contributed by atoms with van der Waals surface area (Å²) < 4.78 is 16.1. The second kappa shape index (κ2) is 8.95. The molecule has 2 aliphatic rings. The number of pyridine rings is 1. The Morgan fingerprint density at radius 3 is 2.19 bits per heavy atom. The summed E-state index contributed by atoms with van der Waals surface area (Å²) in [6.45, 7) is 0. The van der Waals surface area contributed by atoms with Gasteiger partial charge in [0.05, 0.1) is 36.0 Å². The first kappa shape index (κ1) is 25.0. The van der Waals surface area contributed by atoms with Crippen LogP contribution in [0.15, 0.2) is 146 Å². The van der Waals surface area contributed by atoms with Crippen molar-refractivity contribution in [2.24, 2.45) is 7.05 Å². The molecule has 0 saturated heterocycles. The zero-order valence-electron chi connectivity index (χ0n) is 25.6. The Labute approximate surface area is 270 Å². The van der Waals surface area contributed by atoms with Crippen LogP contribution < -0.4 is 14.0 Å². The highest BCUT2D eigenvalue weighted by molar-refractivity contribution is 6.07. The third-order valence-electron chi connectivity index (χ3n) is 10.2. The van der Waals surface area contributed by atoms with Gasteiger partial charge in [-0.1, -0.05) is 71.4 Å². The fraction of sp³-hybridized carbons (Fsp3) is 0.0476. The highest BCUT2D eigenvalue weighted by Gasteiger charge is 2.48. The minimum Gasteiger partial charge on any atom is -0.456 e. The van der Waals surface area contributed by atoms with Gasteiger partial charge in [0.25, 0.3) is 5.65 Å². The second-order valence-electron chi connectivity index (χ2n) is 12.8. The normalized spacial score (nSPS) is 14.4. The highest BCUT2D eigenvalue weighted by Crippen LogP contribution is 2.50. The smallest absolute Gasteiger partial charge is 0.294 e. The quantitative estimate of drug-likeness (QED) is 0.143. The Morgan fingerprint density at radius 1 is 0.617 bits per heavy atom. The maximum Gasteiger partial charge on any atom is 0.294 e. The predicted molar refractivity (Wildman–Crippen MR) is 186 cm³/mol. The Kier molecular flexibility index (Phi) is 4.77. The fourth-order valence-electron chi connectivity index (χ4n) is 8.25. The van der Waals surface area contributed by atoms with Crippen molar-refractivity contribution in [3.63, 3.8) is 0 Å². The van der Waals surface area contributed by atoms with Crippen LogP contribution in [0.4, 0.5) is 0 Å². The number of ether oxygens (including phenoxy) is 1. The summed E-state index contributed by atoms with van der Waals surface area (Å²) in [5.74, 6) is 1.81. The van der Waals surface area contributed by atoms with Gasteiger partial charge in [0, 0.05) is 5.39 Å². The molecule has 1 unspecified atom stereocenters. The van der Waals surface area contributed by atoms with Gasteiger partial charge in [-0.3, -0.25) is 0 Å². The van der Waals surface area contributed by atoms with Gasteiger partial charge >= 0.3 is 0 Å². The van der Waals surface area contributed by atoms with Gasteiger partial charge in [0.2, 0.25) is 12.2 Å². The molecule has 47 heavy (non-hydrogen) atoms. The lowest BCUT2D eigenvalue weighted by atomic mass is 9.92. The highest BCUT2D eigenvalue weighted by atomic mass is 16.5. The first-order valence-electron chi connectivity index (χ1n) is 16.1. The molecule has 220 valence electrons. The van der Waals surface area contributed by atoms with Gasteiger partial charge in [-0.25, -0.2) is 4.57 Å². The van der Waals surface area contributed by atoms with E-state index in [2.05, 4.69) is 172 Å². The molecule has 6 aromatic carbocycles. The van der Waals surface area contributed by atoms with Crippen molar-refractivity contribution < 1.29 is 14.0 Å². The average molecular weight is 605 g/mol. The maximum atomic E-state index is 6.73. The molecule has 0 saturated carbocycles. The largest absolute Gasteiger partial charge is 0.456 e. The molecule has 0 aliphatic carbocycles. The number of benzene rings is 6. The maximum absolute atomic E-state index is 6.73. The van der Waals surface area contributed by atoms with Gasteiger partial charge in [-0.2, -0.15) is 4.57 Å². The third kappa shape index (κ3) is 3.27. The third-order valence-corrected chi connectivity index (χ3v) is 10.2. The Bertz CT molecular complexity index is 2800. The molecule has 0 radical (unpaired) electrons. The van der Waals surface area contributed by atoms with Crippen molar-refractivity contribution >= 4 is 43.5 Å². The molecule has 0 spiro atoms. The second-order valence-corrected chi connectivity index (χ2v) is 12.8. The van der Waals surface area contributed by atoms with E-state index in [0.29, 0.717) is 0 Å². The van der Waals surface area contributed by atoms with E-state index in [4.69, 9.17) is 4.74 Å². The van der Waals surface area contributed by atoms with Crippen molar-refractivity contribution in [3.05, 3.63) is 157 Å².